The SMILES string of the molecule is Cc1c(C(=O)OCC(C)C)sc2nc(Cl)nc(NCCCO)c12. The first-order valence-electron chi connectivity index (χ1n) is 7.42. The molecule has 0 saturated carbocycles. The smallest absolute Gasteiger partial charge is 0.348 e. The first kappa shape index (κ1) is 17.9. The van der Waals surface area contributed by atoms with Crippen LogP contribution in [0.3, 0.4) is 0 Å². The van der Waals surface area contributed by atoms with Gasteiger partial charge in [-0.3, -0.25) is 0 Å². The summed E-state index contributed by atoms with van der Waals surface area (Å²) in [6.07, 6.45) is 0.593. The van der Waals surface area contributed by atoms with Crippen molar-refractivity contribution >= 4 is 44.9 Å². The van der Waals surface area contributed by atoms with Crippen molar-refractivity contribution in [2.75, 3.05) is 25.1 Å². The van der Waals surface area contributed by atoms with Crippen molar-refractivity contribution in [2.24, 2.45) is 5.92 Å². The second-order valence-electron chi connectivity index (χ2n) is 5.57. The van der Waals surface area contributed by atoms with Gasteiger partial charge in [-0.1, -0.05) is 13.8 Å². The van der Waals surface area contributed by atoms with Gasteiger partial charge in [-0.2, -0.15) is 0 Å². The number of rotatable bonds is 7. The maximum atomic E-state index is 12.2. The van der Waals surface area contributed by atoms with Gasteiger partial charge < -0.3 is 15.2 Å². The molecule has 0 spiro atoms. The fraction of sp³-hybridized carbons (Fsp3) is 0.533. The Bertz CT molecular complexity index is 703. The lowest BCUT2D eigenvalue weighted by Crippen LogP contribution is -2.10. The number of nitrogens with zero attached hydrogens (tertiary/aromatic N) is 2. The molecule has 0 amide bonds. The minimum absolute atomic E-state index is 0.0877. The van der Waals surface area contributed by atoms with Gasteiger partial charge in [0.1, 0.15) is 15.5 Å². The maximum absolute atomic E-state index is 12.2. The molecule has 2 aromatic heterocycles. The molecule has 0 aliphatic heterocycles. The topological polar surface area (TPSA) is 84.3 Å². The molecule has 0 aromatic carbocycles. The molecular formula is C15H20ClN3O3S. The van der Waals surface area contributed by atoms with E-state index in [1.807, 2.05) is 20.8 Å². The summed E-state index contributed by atoms with van der Waals surface area (Å²) < 4.78 is 5.31. The third kappa shape index (κ3) is 4.31. The second-order valence-corrected chi connectivity index (χ2v) is 6.91. The summed E-state index contributed by atoms with van der Waals surface area (Å²) in [5.41, 5.74) is 0.780. The first-order chi connectivity index (χ1) is 10.9. The zero-order valence-corrected chi connectivity index (χ0v) is 14.9. The highest BCUT2D eigenvalue weighted by Crippen LogP contribution is 2.35. The highest BCUT2D eigenvalue weighted by Gasteiger charge is 2.21. The second kappa shape index (κ2) is 7.90. The van der Waals surface area contributed by atoms with Gasteiger partial charge in [0.15, 0.2) is 0 Å². The quantitative estimate of drug-likeness (QED) is 0.449. The molecule has 0 fully saturated rings. The predicted octanol–water partition coefficient (Wildman–Crippen LogP) is 3.26. The molecule has 0 unspecified atom stereocenters. The zero-order chi connectivity index (χ0) is 17.0. The van der Waals surface area contributed by atoms with Gasteiger partial charge in [0, 0.05) is 13.2 Å². The molecule has 2 N–H and O–H groups in total. The standard InChI is InChI=1S/C15H20ClN3O3S/c1-8(2)7-22-14(21)11-9(3)10-12(17-5-4-6-20)18-15(16)19-13(10)23-11/h8,20H,4-7H2,1-3H3,(H,17,18,19). The number of aliphatic hydroxyl groups is 1. The molecule has 2 rings (SSSR count). The number of fused-ring (bicyclic) bond motifs is 1. The molecule has 23 heavy (non-hydrogen) atoms. The molecular weight excluding hydrogens is 338 g/mol. The number of aliphatic hydroxyl groups excluding tert-OH is 1. The molecule has 0 radical (unpaired) electrons. The number of aromatic nitrogens is 2. The van der Waals surface area contributed by atoms with Crippen molar-refractivity contribution in [3.8, 4) is 0 Å². The van der Waals surface area contributed by atoms with Gasteiger partial charge in [0.05, 0.1) is 12.0 Å². The summed E-state index contributed by atoms with van der Waals surface area (Å²) in [6.45, 7) is 6.84. The molecule has 0 atom stereocenters. The number of halogens is 1. The first-order valence-corrected chi connectivity index (χ1v) is 8.62. The number of carbonyl (C=O) groups is 1. The number of esters is 1. The number of thiophene rings is 1. The average Bonchev–Trinajstić information content (AvgIpc) is 2.82. The summed E-state index contributed by atoms with van der Waals surface area (Å²) in [5.74, 6) is 0.500. The van der Waals surface area contributed by atoms with E-state index >= 15 is 0 Å². The van der Waals surface area contributed by atoms with Crippen LogP contribution in [-0.4, -0.2) is 40.8 Å². The number of hydrogen-bond acceptors (Lipinski definition) is 7. The van der Waals surface area contributed by atoms with Gasteiger partial charge in [0.2, 0.25) is 5.28 Å². The monoisotopic (exact) mass is 357 g/mol. The molecule has 0 aliphatic rings. The largest absolute Gasteiger partial charge is 0.461 e. The Hall–Kier alpha value is -1.44. The lowest BCUT2D eigenvalue weighted by Gasteiger charge is -2.07. The third-order valence-electron chi connectivity index (χ3n) is 3.12. The number of aryl methyl sites for hydroxylation is 1. The lowest BCUT2D eigenvalue weighted by atomic mass is 10.2. The van der Waals surface area contributed by atoms with Crippen LogP contribution in [0.5, 0.6) is 0 Å². The van der Waals surface area contributed by atoms with E-state index in [2.05, 4.69) is 15.3 Å². The van der Waals surface area contributed by atoms with Crippen molar-refractivity contribution in [1.29, 1.82) is 0 Å². The summed E-state index contributed by atoms with van der Waals surface area (Å²) in [4.78, 5) is 21.8. The van der Waals surface area contributed by atoms with Crippen LogP contribution < -0.4 is 5.32 Å². The minimum Gasteiger partial charge on any atom is -0.461 e. The van der Waals surface area contributed by atoms with E-state index in [-0.39, 0.29) is 23.8 Å². The van der Waals surface area contributed by atoms with Gasteiger partial charge in [-0.05, 0) is 36.4 Å². The molecule has 126 valence electrons. The summed E-state index contributed by atoms with van der Waals surface area (Å²) in [7, 11) is 0. The third-order valence-corrected chi connectivity index (χ3v) is 4.46. The summed E-state index contributed by atoms with van der Waals surface area (Å²) >= 11 is 7.21. The van der Waals surface area contributed by atoms with E-state index in [9.17, 15) is 4.79 Å². The molecule has 2 aromatic rings. The fourth-order valence-electron chi connectivity index (χ4n) is 2.03. The van der Waals surface area contributed by atoms with Crippen molar-refractivity contribution in [3.63, 3.8) is 0 Å². The van der Waals surface area contributed by atoms with Crippen molar-refractivity contribution in [1.82, 2.24) is 9.97 Å². The molecule has 2 heterocycles. The summed E-state index contributed by atoms with van der Waals surface area (Å²) in [6, 6.07) is 0. The Morgan fingerprint density at radius 1 is 1.43 bits per heavy atom. The van der Waals surface area contributed by atoms with Gasteiger partial charge >= 0.3 is 5.97 Å². The minimum atomic E-state index is -0.350. The Morgan fingerprint density at radius 3 is 2.83 bits per heavy atom. The zero-order valence-electron chi connectivity index (χ0n) is 13.4. The van der Waals surface area contributed by atoms with Gasteiger partial charge in [-0.25, -0.2) is 14.8 Å². The van der Waals surface area contributed by atoms with Gasteiger partial charge in [0.25, 0.3) is 0 Å². The highest BCUT2D eigenvalue weighted by molar-refractivity contribution is 7.20. The number of nitrogens with one attached hydrogen (secondary N) is 1. The lowest BCUT2D eigenvalue weighted by molar-refractivity contribution is 0.0464. The van der Waals surface area contributed by atoms with Crippen molar-refractivity contribution < 1.29 is 14.6 Å². The Morgan fingerprint density at radius 2 is 2.17 bits per heavy atom. The van der Waals surface area contributed by atoms with E-state index in [1.54, 1.807) is 0 Å². The van der Waals surface area contributed by atoms with Crippen LogP contribution in [0.1, 0.15) is 35.5 Å². The van der Waals surface area contributed by atoms with Crippen molar-refractivity contribution in [2.45, 2.75) is 27.2 Å². The molecule has 0 aliphatic carbocycles. The van der Waals surface area contributed by atoms with Gasteiger partial charge in [-0.15, -0.1) is 11.3 Å². The maximum Gasteiger partial charge on any atom is 0.348 e. The summed E-state index contributed by atoms with van der Waals surface area (Å²) in [5, 5.41) is 12.9. The van der Waals surface area contributed by atoms with Crippen LogP contribution in [-0.2, 0) is 4.74 Å². The number of carbonyl (C=O) groups excluding carboxylic acids is 1. The predicted molar refractivity (Wildman–Crippen MR) is 92.5 cm³/mol. The number of ether oxygens (including phenoxy) is 1. The van der Waals surface area contributed by atoms with E-state index < -0.39 is 0 Å². The van der Waals surface area contributed by atoms with Crippen LogP contribution in [0.25, 0.3) is 10.2 Å². The van der Waals surface area contributed by atoms with E-state index in [0.29, 0.717) is 35.1 Å². The molecule has 0 saturated heterocycles. The average molecular weight is 358 g/mol. The van der Waals surface area contributed by atoms with Crippen molar-refractivity contribution in [3.05, 3.63) is 15.7 Å². The molecule has 0 bridgehead atoms. The van der Waals surface area contributed by atoms with Crippen LogP contribution in [0.4, 0.5) is 5.82 Å². The Labute approximate surface area is 143 Å². The Balaban J connectivity index is 2.36. The van der Waals surface area contributed by atoms with Crippen LogP contribution in [0, 0.1) is 12.8 Å². The van der Waals surface area contributed by atoms with E-state index in [1.165, 1.54) is 11.3 Å². The number of hydrogen-bond donors (Lipinski definition) is 2. The van der Waals surface area contributed by atoms with E-state index in [4.69, 9.17) is 21.4 Å². The van der Waals surface area contributed by atoms with Crippen LogP contribution in [0.2, 0.25) is 5.28 Å². The molecule has 8 heteroatoms. The highest BCUT2D eigenvalue weighted by atomic mass is 35.5. The van der Waals surface area contributed by atoms with Crippen LogP contribution in [0.15, 0.2) is 0 Å². The molecule has 6 nitrogen and oxygen atoms in total. The number of anilines is 1. The van der Waals surface area contributed by atoms with E-state index in [0.717, 1.165) is 10.9 Å². The normalized spacial score (nSPS) is 11.2. The Kier molecular flexibility index (Phi) is 6.15. The van der Waals surface area contributed by atoms with Crippen LogP contribution >= 0.6 is 22.9 Å². The fourth-order valence-corrected chi connectivity index (χ4v) is 3.32.